The minimum atomic E-state index is 0.259. The first-order chi connectivity index (χ1) is 7.25. The molecule has 0 amide bonds. The molecule has 2 rings (SSSR count). The maximum atomic E-state index is 11.8. The molecule has 1 aliphatic carbocycles. The van der Waals surface area contributed by atoms with Crippen LogP contribution in [0.2, 0.25) is 5.02 Å². The molecule has 0 N–H and O–H groups in total. The standard InChI is InChI=1S/C13H13ClO/c14-12-7-5-10(6-8-12)9-13(15)11-3-1-2-4-11/h3,5-8H,1-2,4,9H2. The van der Waals surface area contributed by atoms with E-state index in [4.69, 9.17) is 11.6 Å². The van der Waals surface area contributed by atoms with Crippen LogP contribution in [-0.4, -0.2) is 5.78 Å². The Morgan fingerprint density at radius 1 is 1.27 bits per heavy atom. The molecule has 1 aliphatic rings. The normalized spacial score (nSPS) is 15.1. The third kappa shape index (κ3) is 2.69. The van der Waals surface area contributed by atoms with Crippen molar-refractivity contribution in [2.45, 2.75) is 25.7 Å². The highest BCUT2D eigenvalue weighted by atomic mass is 35.5. The van der Waals surface area contributed by atoms with Gasteiger partial charge in [0.05, 0.1) is 0 Å². The van der Waals surface area contributed by atoms with Gasteiger partial charge < -0.3 is 0 Å². The monoisotopic (exact) mass is 220 g/mol. The lowest BCUT2D eigenvalue weighted by atomic mass is 10.0. The van der Waals surface area contributed by atoms with Crippen molar-refractivity contribution in [1.82, 2.24) is 0 Å². The molecule has 1 nitrogen and oxygen atoms in total. The molecule has 0 atom stereocenters. The molecule has 0 heterocycles. The first-order valence-electron chi connectivity index (χ1n) is 5.22. The second kappa shape index (κ2) is 4.63. The third-order valence-electron chi connectivity index (χ3n) is 2.68. The lowest BCUT2D eigenvalue weighted by Gasteiger charge is -2.01. The number of carbonyl (C=O) groups excluding carboxylic acids is 1. The van der Waals surface area contributed by atoms with Crippen LogP contribution in [0.5, 0.6) is 0 Å². The smallest absolute Gasteiger partial charge is 0.162 e. The highest BCUT2D eigenvalue weighted by Gasteiger charge is 2.13. The Kier molecular flexibility index (Phi) is 3.22. The Labute approximate surface area is 94.8 Å². The van der Waals surface area contributed by atoms with Crippen LogP contribution in [0.4, 0.5) is 0 Å². The van der Waals surface area contributed by atoms with E-state index in [-0.39, 0.29) is 5.78 Å². The van der Waals surface area contributed by atoms with Crippen molar-refractivity contribution in [3.05, 3.63) is 46.5 Å². The van der Waals surface area contributed by atoms with Crippen molar-refractivity contribution >= 4 is 17.4 Å². The van der Waals surface area contributed by atoms with E-state index in [1.165, 1.54) is 0 Å². The second-order valence-corrected chi connectivity index (χ2v) is 4.28. The summed E-state index contributed by atoms with van der Waals surface area (Å²) >= 11 is 5.78. The maximum Gasteiger partial charge on any atom is 0.162 e. The first-order valence-corrected chi connectivity index (χ1v) is 5.60. The zero-order valence-electron chi connectivity index (χ0n) is 8.50. The quantitative estimate of drug-likeness (QED) is 0.761. The van der Waals surface area contributed by atoms with E-state index < -0.39 is 0 Å². The lowest BCUT2D eigenvalue weighted by Crippen LogP contribution is -2.04. The number of ketones is 1. The first kappa shape index (κ1) is 10.4. The molecule has 2 heteroatoms. The summed E-state index contributed by atoms with van der Waals surface area (Å²) < 4.78 is 0. The molecule has 0 aliphatic heterocycles. The van der Waals surface area contributed by atoms with Gasteiger partial charge in [-0.3, -0.25) is 4.79 Å². The number of rotatable bonds is 3. The molecular formula is C13H13ClO. The molecule has 0 spiro atoms. The Morgan fingerprint density at radius 2 is 2.00 bits per heavy atom. The van der Waals surface area contributed by atoms with Crippen molar-refractivity contribution in [3.63, 3.8) is 0 Å². The zero-order chi connectivity index (χ0) is 10.7. The lowest BCUT2D eigenvalue weighted by molar-refractivity contribution is -0.115. The van der Waals surface area contributed by atoms with E-state index >= 15 is 0 Å². The number of allylic oxidation sites excluding steroid dienone is 2. The molecule has 0 saturated heterocycles. The maximum absolute atomic E-state index is 11.8. The van der Waals surface area contributed by atoms with Crippen LogP contribution in [0.3, 0.4) is 0 Å². The fourth-order valence-electron chi connectivity index (χ4n) is 1.83. The Hall–Kier alpha value is -1.08. The van der Waals surface area contributed by atoms with Crippen molar-refractivity contribution in [1.29, 1.82) is 0 Å². The summed E-state index contributed by atoms with van der Waals surface area (Å²) in [6, 6.07) is 7.48. The molecule has 0 bridgehead atoms. The summed E-state index contributed by atoms with van der Waals surface area (Å²) in [5.41, 5.74) is 2.04. The average molecular weight is 221 g/mol. The highest BCUT2D eigenvalue weighted by molar-refractivity contribution is 6.30. The van der Waals surface area contributed by atoms with Crippen LogP contribution in [0.15, 0.2) is 35.9 Å². The Morgan fingerprint density at radius 3 is 2.60 bits per heavy atom. The molecule has 1 aromatic rings. The summed E-state index contributed by atoms with van der Waals surface area (Å²) in [4.78, 5) is 11.8. The van der Waals surface area contributed by atoms with Gasteiger partial charge in [-0.25, -0.2) is 0 Å². The van der Waals surface area contributed by atoms with E-state index in [1.54, 1.807) is 0 Å². The van der Waals surface area contributed by atoms with E-state index in [0.29, 0.717) is 11.4 Å². The number of hydrogen-bond donors (Lipinski definition) is 0. The fourth-order valence-corrected chi connectivity index (χ4v) is 1.95. The molecule has 0 saturated carbocycles. The molecule has 78 valence electrons. The van der Waals surface area contributed by atoms with Gasteiger partial charge in [-0.2, -0.15) is 0 Å². The number of carbonyl (C=O) groups is 1. The van der Waals surface area contributed by atoms with Gasteiger partial charge >= 0.3 is 0 Å². The van der Waals surface area contributed by atoms with Crippen LogP contribution in [-0.2, 0) is 11.2 Å². The van der Waals surface area contributed by atoms with E-state index in [0.717, 1.165) is 30.4 Å². The molecule has 0 radical (unpaired) electrons. The van der Waals surface area contributed by atoms with E-state index in [9.17, 15) is 4.79 Å². The van der Waals surface area contributed by atoms with Crippen molar-refractivity contribution in [2.75, 3.05) is 0 Å². The van der Waals surface area contributed by atoms with E-state index in [2.05, 4.69) is 6.08 Å². The van der Waals surface area contributed by atoms with Crippen LogP contribution < -0.4 is 0 Å². The number of halogens is 1. The number of benzene rings is 1. The second-order valence-electron chi connectivity index (χ2n) is 3.85. The summed E-state index contributed by atoms with van der Waals surface area (Å²) in [5.74, 6) is 0.259. The van der Waals surface area contributed by atoms with Crippen LogP contribution >= 0.6 is 11.6 Å². The van der Waals surface area contributed by atoms with Gasteiger partial charge in [0.1, 0.15) is 0 Å². The SMILES string of the molecule is O=C(Cc1ccc(Cl)cc1)C1=CCCC1. The van der Waals surface area contributed by atoms with Crippen LogP contribution in [0, 0.1) is 0 Å². The van der Waals surface area contributed by atoms with Crippen molar-refractivity contribution < 1.29 is 4.79 Å². The Bertz CT molecular complexity index is 390. The van der Waals surface area contributed by atoms with Gasteiger partial charge in [0.2, 0.25) is 0 Å². The van der Waals surface area contributed by atoms with Crippen LogP contribution in [0.25, 0.3) is 0 Å². The van der Waals surface area contributed by atoms with Crippen molar-refractivity contribution in [2.24, 2.45) is 0 Å². The van der Waals surface area contributed by atoms with Crippen LogP contribution in [0.1, 0.15) is 24.8 Å². The van der Waals surface area contributed by atoms with Gasteiger partial charge in [0, 0.05) is 11.4 Å². The number of Topliss-reactive ketones (excluding diaryl/α,β-unsaturated/α-hetero) is 1. The molecule has 0 unspecified atom stereocenters. The van der Waals surface area contributed by atoms with Gasteiger partial charge in [-0.1, -0.05) is 29.8 Å². The zero-order valence-corrected chi connectivity index (χ0v) is 9.26. The predicted molar refractivity (Wildman–Crippen MR) is 62.1 cm³/mol. The molecule has 1 aromatic carbocycles. The van der Waals surface area contributed by atoms with Gasteiger partial charge in [-0.15, -0.1) is 0 Å². The Balaban J connectivity index is 2.02. The third-order valence-corrected chi connectivity index (χ3v) is 2.93. The topological polar surface area (TPSA) is 17.1 Å². The summed E-state index contributed by atoms with van der Waals surface area (Å²) in [6.45, 7) is 0. The largest absolute Gasteiger partial charge is 0.294 e. The van der Waals surface area contributed by atoms with Gasteiger partial charge in [0.25, 0.3) is 0 Å². The summed E-state index contributed by atoms with van der Waals surface area (Å²) in [5, 5.41) is 0.714. The van der Waals surface area contributed by atoms with E-state index in [1.807, 2.05) is 24.3 Å². The van der Waals surface area contributed by atoms with Gasteiger partial charge in [-0.05, 0) is 42.5 Å². The van der Waals surface area contributed by atoms with Gasteiger partial charge in [0.15, 0.2) is 5.78 Å². The minimum Gasteiger partial charge on any atom is -0.294 e. The molecule has 0 aromatic heterocycles. The van der Waals surface area contributed by atoms with Crippen molar-refractivity contribution in [3.8, 4) is 0 Å². The molecular weight excluding hydrogens is 208 g/mol. The summed E-state index contributed by atoms with van der Waals surface area (Å²) in [7, 11) is 0. The number of hydrogen-bond acceptors (Lipinski definition) is 1. The molecule has 0 fully saturated rings. The molecule has 15 heavy (non-hydrogen) atoms. The minimum absolute atomic E-state index is 0.259. The predicted octanol–water partition coefficient (Wildman–Crippen LogP) is 3.56. The fraction of sp³-hybridized carbons (Fsp3) is 0.308. The summed E-state index contributed by atoms with van der Waals surface area (Å²) in [6.07, 6.45) is 5.71. The highest BCUT2D eigenvalue weighted by Crippen LogP contribution is 2.20. The average Bonchev–Trinajstić information content (AvgIpc) is 2.74.